The molecule has 0 aromatic rings. The topological polar surface area (TPSA) is 40.5 Å². The van der Waals surface area contributed by atoms with Crippen molar-refractivity contribution in [3.8, 4) is 0 Å². The molecule has 1 unspecified atom stereocenters. The lowest BCUT2D eigenvalue weighted by molar-refractivity contribution is 0.318. The van der Waals surface area contributed by atoms with Crippen LogP contribution in [-0.2, 0) is 0 Å². The predicted molar refractivity (Wildman–Crippen MR) is 34.4 cm³/mol. The highest BCUT2D eigenvalue weighted by Gasteiger charge is 1.57. The van der Waals surface area contributed by atoms with Gasteiger partial charge in [-0.2, -0.15) is 0 Å². The van der Waals surface area contributed by atoms with Gasteiger partial charge in [-0.25, -0.2) is 0 Å². The van der Waals surface area contributed by atoms with Gasteiger partial charge in [-0.05, 0) is 13.1 Å². The summed E-state index contributed by atoms with van der Waals surface area (Å²) < 4.78 is 0. The molecule has 0 aliphatic heterocycles. The van der Waals surface area contributed by atoms with E-state index in [1.54, 1.807) is 6.92 Å². The molecule has 0 amide bonds. The first-order valence-electron chi connectivity index (χ1n) is 2.25. The predicted octanol–water partition coefficient (Wildman–Crippen LogP) is -0.148. The van der Waals surface area contributed by atoms with Gasteiger partial charge in [0.15, 0.2) is 0 Å². The molecule has 2 nitrogen and oxygen atoms in total. The van der Waals surface area contributed by atoms with Crippen LogP contribution in [0.15, 0.2) is 0 Å². The minimum atomic E-state index is 0.250. The van der Waals surface area contributed by atoms with E-state index in [9.17, 15) is 0 Å². The van der Waals surface area contributed by atoms with Gasteiger partial charge in [0.05, 0.1) is 0 Å². The Hall–Kier alpha value is 0.350. The molecule has 0 rings (SSSR count). The van der Waals surface area contributed by atoms with Gasteiger partial charge in [-0.15, -0.1) is 9.24 Å². The van der Waals surface area contributed by atoms with Gasteiger partial charge in [-0.3, -0.25) is 0 Å². The van der Waals surface area contributed by atoms with Crippen molar-refractivity contribution in [2.45, 2.75) is 6.92 Å². The van der Waals surface area contributed by atoms with E-state index in [2.05, 4.69) is 9.24 Å². The number of aliphatic hydroxyl groups excluding tert-OH is 2. The Morgan fingerprint density at radius 2 is 1.57 bits per heavy atom. The van der Waals surface area contributed by atoms with Crippen molar-refractivity contribution in [1.82, 2.24) is 0 Å². The highest BCUT2D eigenvalue weighted by atomic mass is 31.0. The molecule has 0 heterocycles. The van der Waals surface area contributed by atoms with Crippen LogP contribution >= 0.6 is 9.24 Å². The summed E-state index contributed by atoms with van der Waals surface area (Å²) in [6, 6.07) is 0. The first kappa shape index (κ1) is 10.4. The fourth-order valence-electron chi connectivity index (χ4n) is 0. The molecule has 46 valence electrons. The molecule has 0 aromatic carbocycles. The Morgan fingerprint density at radius 1 is 1.43 bits per heavy atom. The molecule has 0 fully saturated rings. The molecule has 0 spiro atoms. The van der Waals surface area contributed by atoms with E-state index >= 15 is 0 Å². The highest BCUT2D eigenvalue weighted by molar-refractivity contribution is 7.16. The molecule has 0 aromatic heterocycles. The number of aliphatic hydroxyl groups is 2. The molecule has 0 saturated heterocycles. The van der Waals surface area contributed by atoms with E-state index in [0.29, 0.717) is 0 Å². The highest BCUT2D eigenvalue weighted by Crippen LogP contribution is 1.70. The molecule has 1 atom stereocenters. The van der Waals surface area contributed by atoms with Crippen molar-refractivity contribution >= 4 is 9.24 Å². The van der Waals surface area contributed by atoms with E-state index in [1.807, 2.05) is 0 Å². The van der Waals surface area contributed by atoms with Crippen molar-refractivity contribution in [3.05, 3.63) is 0 Å². The summed E-state index contributed by atoms with van der Waals surface area (Å²) in [6.07, 6.45) is 0.792. The van der Waals surface area contributed by atoms with Crippen LogP contribution in [0.2, 0.25) is 0 Å². The standard InChI is InChI=1S/C2H7OP.C2H6O/c3-1-2-4;1-2-3/h3H,1-2,4H2;3H,2H2,1H3. The van der Waals surface area contributed by atoms with E-state index in [4.69, 9.17) is 10.2 Å². The summed E-state index contributed by atoms with van der Waals surface area (Å²) in [7, 11) is 2.41. The molecular formula is C4H13O2P. The zero-order chi connectivity index (χ0) is 6.12. The number of hydrogen-bond donors (Lipinski definition) is 2. The molecule has 0 aliphatic rings. The van der Waals surface area contributed by atoms with Gasteiger partial charge < -0.3 is 10.2 Å². The molecule has 3 heteroatoms. The third-order valence-corrected chi connectivity index (χ3v) is 0.387. The van der Waals surface area contributed by atoms with Crippen molar-refractivity contribution in [2.75, 3.05) is 19.4 Å². The Labute approximate surface area is 46.8 Å². The van der Waals surface area contributed by atoms with Crippen LogP contribution in [0.4, 0.5) is 0 Å². The molecular weight excluding hydrogens is 111 g/mol. The van der Waals surface area contributed by atoms with Crippen LogP contribution in [0.5, 0.6) is 0 Å². The minimum Gasteiger partial charge on any atom is -0.397 e. The second-order valence-corrected chi connectivity index (χ2v) is 1.41. The van der Waals surface area contributed by atoms with Gasteiger partial charge in [0.25, 0.3) is 0 Å². The fraction of sp³-hybridized carbons (Fsp3) is 1.00. The number of hydrogen-bond acceptors (Lipinski definition) is 2. The lowest BCUT2D eigenvalue weighted by Crippen LogP contribution is -1.75. The second kappa shape index (κ2) is 16.2. The van der Waals surface area contributed by atoms with Crippen LogP contribution in [-0.4, -0.2) is 29.6 Å². The van der Waals surface area contributed by atoms with E-state index in [1.165, 1.54) is 0 Å². The monoisotopic (exact) mass is 124 g/mol. The fourth-order valence-corrected chi connectivity index (χ4v) is 0. The van der Waals surface area contributed by atoms with Crippen LogP contribution < -0.4 is 0 Å². The maximum Gasteiger partial charge on any atom is 0.0465 e. The Kier molecular flexibility index (Phi) is 24.0. The Bertz CT molecular complexity index is 17.2. The van der Waals surface area contributed by atoms with Gasteiger partial charge >= 0.3 is 0 Å². The van der Waals surface area contributed by atoms with E-state index < -0.39 is 0 Å². The normalized spacial score (nSPS) is 6.86. The lowest BCUT2D eigenvalue weighted by atomic mass is 10.9. The molecule has 0 aliphatic carbocycles. The quantitative estimate of drug-likeness (QED) is 0.477. The van der Waals surface area contributed by atoms with E-state index in [-0.39, 0.29) is 13.2 Å². The van der Waals surface area contributed by atoms with Gasteiger partial charge in [-0.1, -0.05) is 0 Å². The SMILES string of the molecule is CCO.OCCP. The van der Waals surface area contributed by atoms with Gasteiger partial charge in [0.2, 0.25) is 0 Å². The molecule has 0 bridgehead atoms. The first-order chi connectivity index (χ1) is 3.33. The maximum absolute atomic E-state index is 7.85. The third kappa shape index (κ3) is 65.9. The Morgan fingerprint density at radius 3 is 1.57 bits per heavy atom. The zero-order valence-corrected chi connectivity index (χ0v) is 5.75. The molecule has 7 heavy (non-hydrogen) atoms. The Balaban J connectivity index is 0. The smallest absolute Gasteiger partial charge is 0.0465 e. The number of rotatable bonds is 1. The molecule has 0 saturated carbocycles. The van der Waals surface area contributed by atoms with Crippen LogP contribution in [0, 0.1) is 0 Å². The maximum atomic E-state index is 7.85. The summed E-state index contributed by atoms with van der Waals surface area (Å²) in [5.74, 6) is 0. The molecule has 0 radical (unpaired) electrons. The van der Waals surface area contributed by atoms with Crippen molar-refractivity contribution < 1.29 is 10.2 Å². The third-order valence-electron chi connectivity index (χ3n) is 0.129. The average Bonchev–Trinajstić information content (AvgIpc) is 1.69. The van der Waals surface area contributed by atoms with Gasteiger partial charge in [0, 0.05) is 13.2 Å². The van der Waals surface area contributed by atoms with Crippen LogP contribution in [0.1, 0.15) is 6.92 Å². The first-order valence-corrected chi connectivity index (χ1v) is 3.06. The minimum absolute atomic E-state index is 0.250. The summed E-state index contributed by atoms with van der Waals surface area (Å²) in [4.78, 5) is 0. The largest absolute Gasteiger partial charge is 0.397 e. The van der Waals surface area contributed by atoms with Crippen molar-refractivity contribution in [1.29, 1.82) is 0 Å². The summed E-state index contributed by atoms with van der Waals surface area (Å²) in [5.41, 5.74) is 0. The second-order valence-electron chi connectivity index (χ2n) is 0.829. The lowest BCUT2D eigenvalue weighted by Gasteiger charge is -1.69. The summed E-state index contributed by atoms with van der Waals surface area (Å²) >= 11 is 0. The van der Waals surface area contributed by atoms with E-state index in [0.717, 1.165) is 6.16 Å². The van der Waals surface area contributed by atoms with Crippen LogP contribution in [0.3, 0.4) is 0 Å². The van der Waals surface area contributed by atoms with Crippen molar-refractivity contribution in [2.24, 2.45) is 0 Å². The summed E-state index contributed by atoms with van der Waals surface area (Å²) in [5, 5.41) is 15.4. The average molecular weight is 124 g/mol. The molecule has 2 N–H and O–H groups in total. The zero-order valence-electron chi connectivity index (χ0n) is 4.59. The van der Waals surface area contributed by atoms with Gasteiger partial charge in [0.1, 0.15) is 0 Å². The van der Waals surface area contributed by atoms with Crippen molar-refractivity contribution in [3.63, 3.8) is 0 Å². The van der Waals surface area contributed by atoms with Crippen LogP contribution in [0.25, 0.3) is 0 Å². The summed E-state index contributed by atoms with van der Waals surface area (Å²) in [6.45, 7) is 2.21.